The molecule has 32 heavy (non-hydrogen) atoms. The molecular weight excluding hydrogens is 453 g/mol. The number of carbonyl (C=O) groups excluding carboxylic acids is 3. The fraction of sp³-hybridized carbons (Fsp3) is 0.348. The van der Waals surface area contributed by atoms with Gasteiger partial charge in [-0.15, -0.1) is 0 Å². The zero-order valence-electron chi connectivity index (χ0n) is 17.4. The van der Waals surface area contributed by atoms with Gasteiger partial charge < -0.3 is 20.6 Å². The summed E-state index contributed by atoms with van der Waals surface area (Å²) in [6, 6.07) is 13.9. The lowest BCUT2D eigenvalue weighted by Gasteiger charge is -2.34. The number of nitrogens with one attached hydrogen (secondary N) is 2. The largest absolute Gasteiger partial charge is 0.388 e. The molecule has 0 spiro atoms. The summed E-state index contributed by atoms with van der Waals surface area (Å²) in [5, 5.41) is 16.1. The van der Waals surface area contributed by atoms with Gasteiger partial charge in [-0.25, -0.2) is 0 Å². The maximum absolute atomic E-state index is 12.4. The van der Waals surface area contributed by atoms with Gasteiger partial charge in [-0.05, 0) is 42.5 Å². The summed E-state index contributed by atoms with van der Waals surface area (Å²) in [5.74, 6) is -1.10. The van der Waals surface area contributed by atoms with Crippen LogP contribution in [0.1, 0.15) is 34.9 Å². The van der Waals surface area contributed by atoms with Gasteiger partial charge in [0, 0.05) is 18.1 Å². The lowest BCUT2D eigenvalue weighted by molar-refractivity contribution is -0.134. The van der Waals surface area contributed by atoms with Crippen LogP contribution >= 0.6 is 23.2 Å². The van der Waals surface area contributed by atoms with Gasteiger partial charge in [-0.1, -0.05) is 53.5 Å². The molecule has 2 aromatic rings. The van der Waals surface area contributed by atoms with E-state index in [-0.39, 0.29) is 35.5 Å². The van der Waals surface area contributed by atoms with Gasteiger partial charge in [0.05, 0.1) is 29.8 Å². The van der Waals surface area contributed by atoms with E-state index in [0.717, 1.165) is 5.56 Å². The van der Waals surface area contributed by atoms with Crippen LogP contribution in [0.25, 0.3) is 0 Å². The summed E-state index contributed by atoms with van der Waals surface area (Å²) in [4.78, 5) is 38.3. The second-order valence-corrected chi connectivity index (χ2v) is 8.50. The predicted octanol–water partition coefficient (Wildman–Crippen LogP) is 2.81. The Morgan fingerprint density at radius 1 is 1.00 bits per heavy atom. The molecule has 1 aliphatic rings. The molecule has 0 aliphatic carbocycles. The standard InChI is InChI=1S/C23H25Cl2N3O4/c24-17-6-7-18(19(25)12-17)23(32)27-13-20(29)26-14-21(30)28-10-8-16(9-11-28)22(31)15-4-2-1-3-5-15/h1-7,12,16,22,31H,8-11,13-14H2,(H,26,29)(H,27,32). The summed E-state index contributed by atoms with van der Waals surface area (Å²) < 4.78 is 0. The fourth-order valence-corrected chi connectivity index (χ4v) is 4.16. The van der Waals surface area contributed by atoms with E-state index >= 15 is 0 Å². The number of nitrogens with zero attached hydrogens (tertiary/aromatic N) is 1. The van der Waals surface area contributed by atoms with Crippen LogP contribution in [0.4, 0.5) is 0 Å². The molecule has 9 heteroatoms. The van der Waals surface area contributed by atoms with Gasteiger partial charge in [0.1, 0.15) is 0 Å². The summed E-state index contributed by atoms with van der Waals surface area (Å²) >= 11 is 11.8. The maximum atomic E-state index is 12.4. The Bertz CT molecular complexity index is 963. The second kappa shape index (κ2) is 11.3. The number of halogens is 2. The predicted molar refractivity (Wildman–Crippen MR) is 123 cm³/mol. The summed E-state index contributed by atoms with van der Waals surface area (Å²) in [6.45, 7) is 0.614. The second-order valence-electron chi connectivity index (χ2n) is 7.66. The quantitative estimate of drug-likeness (QED) is 0.570. The van der Waals surface area contributed by atoms with Gasteiger partial charge in [0.2, 0.25) is 11.8 Å². The minimum absolute atomic E-state index is 0.0888. The maximum Gasteiger partial charge on any atom is 0.253 e. The Morgan fingerprint density at radius 3 is 2.34 bits per heavy atom. The lowest BCUT2D eigenvalue weighted by Crippen LogP contribution is -2.46. The summed E-state index contributed by atoms with van der Waals surface area (Å²) in [5.41, 5.74) is 1.09. The minimum Gasteiger partial charge on any atom is -0.388 e. The Morgan fingerprint density at radius 2 is 1.69 bits per heavy atom. The third-order valence-corrected chi connectivity index (χ3v) is 6.05. The van der Waals surface area contributed by atoms with E-state index in [1.807, 2.05) is 30.3 Å². The van der Waals surface area contributed by atoms with E-state index in [4.69, 9.17) is 23.2 Å². The molecule has 3 amide bonds. The number of hydrogen-bond acceptors (Lipinski definition) is 4. The normalized spacial score (nSPS) is 15.2. The van der Waals surface area contributed by atoms with Gasteiger partial charge in [-0.2, -0.15) is 0 Å². The van der Waals surface area contributed by atoms with Crippen molar-refractivity contribution < 1.29 is 19.5 Å². The molecule has 2 aromatic carbocycles. The molecule has 1 aliphatic heterocycles. The van der Waals surface area contributed by atoms with Crippen LogP contribution in [0.3, 0.4) is 0 Å². The van der Waals surface area contributed by atoms with Crippen molar-refractivity contribution in [1.82, 2.24) is 15.5 Å². The van der Waals surface area contributed by atoms with Crippen molar-refractivity contribution in [3.8, 4) is 0 Å². The molecule has 0 aromatic heterocycles. The van der Waals surface area contributed by atoms with Crippen molar-refractivity contribution in [1.29, 1.82) is 0 Å². The fourth-order valence-electron chi connectivity index (χ4n) is 3.66. The first-order valence-electron chi connectivity index (χ1n) is 10.4. The zero-order valence-corrected chi connectivity index (χ0v) is 18.9. The Kier molecular flexibility index (Phi) is 8.50. The first-order chi connectivity index (χ1) is 15.3. The number of piperidine rings is 1. The van der Waals surface area contributed by atoms with Crippen LogP contribution in [0, 0.1) is 5.92 Å². The Labute approximate surface area is 196 Å². The molecule has 1 fully saturated rings. The van der Waals surface area contributed by atoms with Crippen LogP contribution in [0.2, 0.25) is 10.0 Å². The number of aliphatic hydroxyl groups is 1. The van der Waals surface area contributed by atoms with E-state index in [9.17, 15) is 19.5 Å². The average molecular weight is 478 g/mol. The number of rotatable bonds is 7. The highest BCUT2D eigenvalue weighted by atomic mass is 35.5. The van der Waals surface area contributed by atoms with Crippen molar-refractivity contribution in [2.24, 2.45) is 5.92 Å². The van der Waals surface area contributed by atoms with Crippen molar-refractivity contribution >= 4 is 40.9 Å². The van der Waals surface area contributed by atoms with E-state index in [0.29, 0.717) is 31.0 Å². The van der Waals surface area contributed by atoms with Crippen LogP contribution in [0.5, 0.6) is 0 Å². The third kappa shape index (κ3) is 6.45. The smallest absolute Gasteiger partial charge is 0.253 e. The first kappa shape index (κ1) is 24.0. The molecule has 170 valence electrons. The molecule has 1 atom stereocenters. The SMILES string of the molecule is O=C(CNC(=O)c1ccc(Cl)cc1Cl)NCC(=O)N1CCC(C(O)c2ccccc2)CC1. The van der Waals surface area contributed by atoms with Crippen LogP contribution in [-0.4, -0.2) is 53.9 Å². The average Bonchev–Trinajstić information content (AvgIpc) is 2.81. The molecule has 1 saturated heterocycles. The monoisotopic (exact) mass is 477 g/mol. The number of hydrogen-bond donors (Lipinski definition) is 3. The van der Waals surface area contributed by atoms with E-state index < -0.39 is 17.9 Å². The number of amides is 3. The van der Waals surface area contributed by atoms with E-state index in [1.165, 1.54) is 18.2 Å². The third-order valence-electron chi connectivity index (χ3n) is 5.50. The number of aliphatic hydroxyl groups excluding tert-OH is 1. The van der Waals surface area contributed by atoms with Crippen LogP contribution in [-0.2, 0) is 9.59 Å². The van der Waals surface area contributed by atoms with Gasteiger partial charge >= 0.3 is 0 Å². The number of carbonyl (C=O) groups is 3. The molecule has 0 radical (unpaired) electrons. The van der Waals surface area contributed by atoms with E-state index in [1.54, 1.807) is 4.90 Å². The summed E-state index contributed by atoms with van der Waals surface area (Å²) in [6.07, 6.45) is 0.826. The Hall–Kier alpha value is -2.61. The molecule has 3 N–H and O–H groups in total. The van der Waals surface area contributed by atoms with Gasteiger partial charge in [0.15, 0.2) is 0 Å². The van der Waals surface area contributed by atoms with Crippen molar-refractivity contribution in [3.05, 3.63) is 69.7 Å². The van der Waals surface area contributed by atoms with Gasteiger partial charge in [-0.3, -0.25) is 14.4 Å². The van der Waals surface area contributed by atoms with Crippen LogP contribution < -0.4 is 10.6 Å². The molecule has 3 rings (SSSR count). The highest BCUT2D eigenvalue weighted by molar-refractivity contribution is 6.36. The molecule has 0 saturated carbocycles. The van der Waals surface area contributed by atoms with Crippen LogP contribution in [0.15, 0.2) is 48.5 Å². The molecular formula is C23H25Cl2N3O4. The number of benzene rings is 2. The number of likely N-dealkylation sites (tertiary alicyclic amines) is 1. The van der Waals surface area contributed by atoms with Crippen molar-refractivity contribution in [2.75, 3.05) is 26.2 Å². The van der Waals surface area contributed by atoms with Gasteiger partial charge in [0.25, 0.3) is 5.91 Å². The first-order valence-corrected chi connectivity index (χ1v) is 11.1. The molecule has 1 heterocycles. The molecule has 0 bridgehead atoms. The highest BCUT2D eigenvalue weighted by Crippen LogP contribution is 2.30. The molecule has 1 unspecified atom stereocenters. The highest BCUT2D eigenvalue weighted by Gasteiger charge is 2.28. The summed E-state index contributed by atoms with van der Waals surface area (Å²) in [7, 11) is 0. The topological polar surface area (TPSA) is 98.7 Å². The zero-order chi connectivity index (χ0) is 23.1. The van der Waals surface area contributed by atoms with Crippen molar-refractivity contribution in [3.63, 3.8) is 0 Å². The van der Waals surface area contributed by atoms with Crippen molar-refractivity contribution in [2.45, 2.75) is 18.9 Å². The lowest BCUT2D eigenvalue weighted by atomic mass is 9.87. The Balaban J connectivity index is 1.38. The van der Waals surface area contributed by atoms with E-state index in [2.05, 4.69) is 10.6 Å². The molecule has 7 nitrogen and oxygen atoms in total. The minimum atomic E-state index is -0.550.